The van der Waals surface area contributed by atoms with Gasteiger partial charge in [-0.25, -0.2) is 4.98 Å². The van der Waals surface area contributed by atoms with Crippen molar-refractivity contribution in [3.05, 3.63) is 68.3 Å². The van der Waals surface area contributed by atoms with Crippen molar-refractivity contribution in [2.45, 2.75) is 37.6 Å². The summed E-state index contributed by atoms with van der Waals surface area (Å²) in [5.41, 5.74) is 1.74. The second kappa shape index (κ2) is 7.21. The summed E-state index contributed by atoms with van der Waals surface area (Å²) in [7, 11) is 1.59. The Balaban J connectivity index is 1.82. The molecule has 2 aromatic carbocycles. The van der Waals surface area contributed by atoms with Gasteiger partial charge in [-0.15, -0.1) is 0 Å². The number of nitro benzene ring substituents is 1. The lowest BCUT2D eigenvalue weighted by molar-refractivity contribution is -0.384. The van der Waals surface area contributed by atoms with Crippen molar-refractivity contribution >= 4 is 16.6 Å². The van der Waals surface area contributed by atoms with Crippen LogP contribution in [-0.2, 0) is 0 Å². The molecule has 1 atom stereocenters. The van der Waals surface area contributed by atoms with Crippen LogP contribution in [0.3, 0.4) is 0 Å². The molecule has 1 N–H and O–H groups in total. The van der Waals surface area contributed by atoms with Crippen LogP contribution in [0, 0.1) is 10.1 Å². The van der Waals surface area contributed by atoms with Crippen molar-refractivity contribution in [2.24, 2.45) is 0 Å². The third-order valence-electron chi connectivity index (χ3n) is 5.94. The Morgan fingerprint density at radius 2 is 1.97 bits per heavy atom. The molecule has 0 radical (unpaired) electrons. The molecule has 2 aliphatic rings. The topological polar surface area (TPSA) is 99.3 Å². The van der Waals surface area contributed by atoms with Gasteiger partial charge in [0.05, 0.1) is 34.7 Å². The predicted molar refractivity (Wildman–Crippen MR) is 112 cm³/mol. The molecule has 30 heavy (non-hydrogen) atoms. The molecular weight excluding hydrogens is 384 g/mol. The second-order valence-electron chi connectivity index (χ2n) is 7.92. The third-order valence-corrected chi connectivity index (χ3v) is 5.94. The zero-order chi connectivity index (χ0) is 20.8. The van der Waals surface area contributed by atoms with Crippen LogP contribution in [0.15, 0.2) is 41.2 Å². The zero-order valence-electron chi connectivity index (χ0n) is 16.6. The zero-order valence-corrected chi connectivity index (χ0v) is 16.6. The molecule has 154 valence electrons. The van der Waals surface area contributed by atoms with E-state index in [1.807, 2.05) is 12.1 Å². The number of benzene rings is 2. The summed E-state index contributed by atoms with van der Waals surface area (Å²) in [6, 6.07) is 10.1. The van der Waals surface area contributed by atoms with Gasteiger partial charge in [-0.2, -0.15) is 0 Å². The van der Waals surface area contributed by atoms with Gasteiger partial charge in [0.15, 0.2) is 0 Å². The Labute approximate surface area is 172 Å². The summed E-state index contributed by atoms with van der Waals surface area (Å²) in [5.74, 6) is 1.58. The number of rotatable bonds is 5. The maximum Gasteiger partial charge on any atom is 0.270 e. The van der Waals surface area contributed by atoms with Crippen molar-refractivity contribution in [1.82, 2.24) is 14.9 Å². The fourth-order valence-corrected chi connectivity index (χ4v) is 4.25. The number of hydrogen-bond acceptors (Lipinski definition) is 6. The van der Waals surface area contributed by atoms with Gasteiger partial charge in [0, 0.05) is 12.1 Å². The molecule has 1 aliphatic carbocycles. The average molecular weight is 406 g/mol. The van der Waals surface area contributed by atoms with Gasteiger partial charge in [-0.3, -0.25) is 19.5 Å². The van der Waals surface area contributed by atoms with Gasteiger partial charge in [0.1, 0.15) is 11.6 Å². The Hall–Kier alpha value is -3.26. The number of nitro groups is 1. The highest BCUT2D eigenvalue weighted by Gasteiger charge is 2.31. The maximum atomic E-state index is 13.7. The van der Waals surface area contributed by atoms with Crippen LogP contribution < -0.4 is 15.6 Å². The standard InChI is InChI=1S/C22H22N4O4/c1-30-16-8-6-14(7-9-16)25-21(19-3-2-10-23-19)24-20-17(13-4-5-13)11-15(26(28)29)12-18(20)22(25)27/h6-9,11-13,19,23H,2-5,10H2,1H3. The van der Waals surface area contributed by atoms with E-state index in [0.29, 0.717) is 28.2 Å². The fraction of sp³-hybridized carbons (Fsp3) is 0.364. The van der Waals surface area contributed by atoms with Crippen LogP contribution >= 0.6 is 0 Å². The lowest BCUT2D eigenvalue weighted by Gasteiger charge is -2.19. The molecule has 8 nitrogen and oxygen atoms in total. The normalized spacial score (nSPS) is 18.6. The van der Waals surface area contributed by atoms with E-state index in [2.05, 4.69) is 5.32 Å². The van der Waals surface area contributed by atoms with Crippen LogP contribution in [0.1, 0.15) is 49.0 Å². The quantitative estimate of drug-likeness (QED) is 0.513. The molecule has 3 aromatic rings. The van der Waals surface area contributed by atoms with Gasteiger partial charge in [-0.05, 0) is 68.0 Å². The van der Waals surface area contributed by atoms with Crippen LogP contribution in [0.5, 0.6) is 5.75 Å². The van der Waals surface area contributed by atoms with Crippen LogP contribution in [-0.4, -0.2) is 28.1 Å². The molecular formula is C22H22N4O4. The molecule has 1 saturated heterocycles. The van der Waals surface area contributed by atoms with E-state index in [1.165, 1.54) is 6.07 Å². The van der Waals surface area contributed by atoms with Crippen LogP contribution in [0.4, 0.5) is 5.69 Å². The first-order valence-electron chi connectivity index (χ1n) is 10.2. The molecule has 1 aromatic heterocycles. The summed E-state index contributed by atoms with van der Waals surface area (Å²) in [6.45, 7) is 0.872. The number of nitrogens with zero attached hydrogens (tertiary/aromatic N) is 3. The van der Waals surface area contributed by atoms with Crippen molar-refractivity contribution in [3.63, 3.8) is 0 Å². The van der Waals surface area contributed by atoms with E-state index in [1.54, 1.807) is 29.9 Å². The van der Waals surface area contributed by atoms with E-state index in [-0.39, 0.29) is 23.2 Å². The first-order valence-corrected chi connectivity index (χ1v) is 10.2. The highest BCUT2D eigenvalue weighted by atomic mass is 16.6. The smallest absolute Gasteiger partial charge is 0.270 e. The summed E-state index contributed by atoms with van der Waals surface area (Å²) >= 11 is 0. The third kappa shape index (κ3) is 3.13. The van der Waals surface area contributed by atoms with Crippen LogP contribution in [0.2, 0.25) is 0 Å². The van der Waals surface area contributed by atoms with E-state index < -0.39 is 4.92 Å². The van der Waals surface area contributed by atoms with Crippen molar-refractivity contribution in [1.29, 1.82) is 0 Å². The number of methoxy groups -OCH3 is 1. The monoisotopic (exact) mass is 406 g/mol. The molecule has 1 unspecified atom stereocenters. The number of fused-ring (bicyclic) bond motifs is 1. The minimum atomic E-state index is -0.436. The van der Waals surface area contributed by atoms with E-state index in [4.69, 9.17) is 9.72 Å². The Morgan fingerprint density at radius 1 is 1.20 bits per heavy atom. The lowest BCUT2D eigenvalue weighted by Crippen LogP contribution is -2.29. The van der Waals surface area contributed by atoms with Crippen LogP contribution in [0.25, 0.3) is 16.6 Å². The molecule has 1 saturated carbocycles. The number of nitrogens with one attached hydrogen (secondary N) is 1. The summed E-state index contributed by atoms with van der Waals surface area (Å²) in [5, 5.41) is 15.2. The predicted octanol–water partition coefficient (Wildman–Crippen LogP) is 3.60. The SMILES string of the molecule is COc1ccc(-n2c(C3CCCN3)nc3c(C4CC4)cc([N+](=O)[O-])cc3c2=O)cc1. The van der Waals surface area contributed by atoms with Crippen molar-refractivity contribution in [3.8, 4) is 11.4 Å². The first kappa shape index (κ1) is 18.7. The first-order chi connectivity index (χ1) is 14.6. The molecule has 8 heteroatoms. The number of aromatic nitrogens is 2. The van der Waals surface area contributed by atoms with E-state index >= 15 is 0 Å². The fourth-order valence-electron chi connectivity index (χ4n) is 4.25. The second-order valence-corrected chi connectivity index (χ2v) is 7.92. The average Bonchev–Trinajstić information content (AvgIpc) is 3.46. The molecule has 2 heterocycles. The molecule has 2 fully saturated rings. The Morgan fingerprint density at radius 3 is 2.57 bits per heavy atom. The maximum absolute atomic E-state index is 13.7. The van der Waals surface area contributed by atoms with Crippen molar-refractivity contribution < 1.29 is 9.66 Å². The Bertz CT molecular complexity index is 1190. The minimum Gasteiger partial charge on any atom is -0.497 e. The summed E-state index contributed by atoms with van der Waals surface area (Å²) in [6.07, 6.45) is 3.84. The van der Waals surface area contributed by atoms with E-state index in [9.17, 15) is 14.9 Å². The highest BCUT2D eigenvalue weighted by Crippen LogP contribution is 2.44. The lowest BCUT2D eigenvalue weighted by atomic mass is 10.0. The van der Waals surface area contributed by atoms with Gasteiger partial charge < -0.3 is 10.1 Å². The van der Waals surface area contributed by atoms with Crippen molar-refractivity contribution in [2.75, 3.05) is 13.7 Å². The Kier molecular flexibility index (Phi) is 4.51. The highest BCUT2D eigenvalue weighted by molar-refractivity contribution is 5.85. The van der Waals surface area contributed by atoms with Gasteiger partial charge in [0.25, 0.3) is 11.2 Å². The molecule has 0 amide bonds. The number of hydrogen-bond donors (Lipinski definition) is 1. The number of non-ortho nitro benzene ring substituents is 1. The van der Waals surface area contributed by atoms with Gasteiger partial charge in [-0.1, -0.05) is 0 Å². The molecule has 5 rings (SSSR count). The summed E-state index contributed by atoms with van der Waals surface area (Å²) < 4.78 is 6.82. The summed E-state index contributed by atoms with van der Waals surface area (Å²) in [4.78, 5) is 29.7. The van der Waals surface area contributed by atoms with E-state index in [0.717, 1.165) is 37.8 Å². The molecule has 0 bridgehead atoms. The molecule has 0 spiro atoms. The number of ether oxygens (including phenoxy) is 1. The molecule has 1 aliphatic heterocycles. The van der Waals surface area contributed by atoms with Gasteiger partial charge in [0.2, 0.25) is 0 Å². The minimum absolute atomic E-state index is 0.0357. The van der Waals surface area contributed by atoms with Gasteiger partial charge >= 0.3 is 0 Å². The largest absolute Gasteiger partial charge is 0.497 e.